The number of aromatic nitrogens is 2. The van der Waals surface area contributed by atoms with Crippen LogP contribution in [0.2, 0.25) is 0 Å². The van der Waals surface area contributed by atoms with Crippen molar-refractivity contribution in [1.29, 1.82) is 0 Å². The summed E-state index contributed by atoms with van der Waals surface area (Å²) < 4.78 is 18.3. The van der Waals surface area contributed by atoms with Gasteiger partial charge in [-0.1, -0.05) is 42.5 Å². The Hall–Kier alpha value is -3.62. The predicted octanol–water partition coefficient (Wildman–Crippen LogP) is 7.37. The zero-order valence-corrected chi connectivity index (χ0v) is 26.9. The number of hydrogen-bond acceptors (Lipinski definition) is 5. The fourth-order valence-electron chi connectivity index (χ4n) is 6.68. The zero-order valence-electron chi connectivity index (χ0n) is 26.9. The first-order valence-electron chi connectivity index (χ1n) is 15.9. The van der Waals surface area contributed by atoms with E-state index in [4.69, 9.17) is 19.0 Å². The van der Waals surface area contributed by atoms with Gasteiger partial charge >= 0.3 is 13.2 Å². The minimum absolute atomic E-state index is 0.102. The van der Waals surface area contributed by atoms with Crippen molar-refractivity contribution in [1.82, 2.24) is 14.9 Å². The molecule has 1 atom stereocenters. The van der Waals surface area contributed by atoms with Gasteiger partial charge in [-0.05, 0) is 125 Å². The van der Waals surface area contributed by atoms with Crippen molar-refractivity contribution >= 4 is 29.7 Å². The molecule has 0 saturated carbocycles. The van der Waals surface area contributed by atoms with Crippen molar-refractivity contribution < 1.29 is 18.8 Å². The summed E-state index contributed by atoms with van der Waals surface area (Å²) in [5.74, 6) is 0.822. The van der Waals surface area contributed by atoms with Crippen molar-refractivity contribution in [3.63, 3.8) is 0 Å². The SMILES string of the molecule is CC(C)(C)OC(=O)N1CCCC1c1nc2ccc(-c3ccc4c(c3)CCc3cc(B5OC(C)(C)C(C)(C)O5)ccc3-4)cc2[nH]1. The quantitative estimate of drug-likeness (QED) is 0.252. The van der Waals surface area contributed by atoms with Crippen molar-refractivity contribution in [2.75, 3.05) is 6.54 Å². The fourth-order valence-corrected chi connectivity index (χ4v) is 6.68. The molecule has 228 valence electrons. The number of imidazole rings is 1. The van der Waals surface area contributed by atoms with Gasteiger partial charge in [0.25, 0.3) is 0 Å². The van der Waals surface area contributed by atoms with Gasteiger partial charge in [-0.3, -0.25) is 4.90 Å². The molecule has 1 aliphatic carbocycles. The molecule has 0 radical (unpaired) electrons. The van der Waals surface area contributed by atoms with Crippen molar-refractivity contribution in [3.8, 4) is 22.3 Å². The van der Waals surface area contributed by atoms with Crippen LogP contribution < -0.4 is 5.46 Å². The van der Waals surface area contributed by atoms with E-state index in [1.807, 2.05) is 25.7 Å². The molecule has 2 aliphatic heterocycles. The number of nitrogens with zero attached hydrogens (tertiary/aromatic N) is 2. The molecule has 3 aliphatic rings. The molecule has 1 amide bonds. The molecule has 7 rings (SSSR count). The molecular formula is C36H42BN3O4. The van der Waals surface area contributed by atoms with Crippen molar-refractivity contribution in [3.05, 3.63) is 71.5 Å². The maximum atomic E-state index is 12.9. The van der Waals surface area contributed by atoms with Crippen LogP contribution in [0.25, 0.3) is 33.3 Å². The Labute approximate surface area is 260 Å². The van der Waals surface area contributed by atoms with Crippen LogP contribution >= 0.6 is 0 Å². The normalized spacial score (nSPS) is 20.6. The average Bonchev–Trinajstić information content (AvgIpc) is 3.66. The molecule has 3 aromatic carbocycles. The second-order valence-electron chi connectivity index (χ2n) is 14.6. The van der Waals surface area contributed by atoms with E-state index in [1.54, 1.807) is 0 Å². The van der Waals surface area contributed by atoms with Gasteiger partial charge in [0.2, 0.25) is 0 Å². The van der Waals surface area contributed by atoms with Crippen LogP contribution in [0.5, 0.6) is 0 Å². The summed E-state index contributed by atoms with van der Waals surface area (Å²) in [7, 11) is -0.346. The predicted molar refractivity (Wildman–Crippen MR) is 175 cm³/mol. The summed E-state index contributed by atoms with van der Waals surface area (Å²) in [5, 5.41) is 0. The molecule has 1 unspecified atom stereocenters. The largest absolute Gasteiger partial charge is 0.494 e. The van der Waals surface area contributed by atoms with Gasteiger partial charge in [0, 0.05) is 6.54 Å². The molecule has 8 heteroatoms. The lowest BCUT2D eigenvalue weighted by Gasteiger charge is -2.32. The molecule has 3 heterocycles. The Morgan fingerprint density at radius 1 is 0.932 bits per heavy atom. The number of amides is 1. The monoisotopic (exact) mass is 591 g/mol. The summed E-state index contributed by atoms with van der Waals surface area (Å²) in [6.07, 6.45) is 3.50. The Morgan fingerprint density at radius 2 is 1.57 bits per heavy atom. The lowest BCUT2D eigenvalue weighted by molar-refractivity contribution is 0.00578. The van der Waals surface area contributed by atoms with Crippen molar-refractivity contribution in [2.45, 2.75) is 97.0 Å². The maximum Gasteiger partial charge on any atom is 0.494 e. The van der Waals surface area contributed by atoms with Gasteiger partial charge in [0.1, 0.15) is 11.4 Å². The van der Waals surface area contributed by atoms with E-state index < -0.39 is 5.60 Å². The van der Waals surface area contributed by atoms with Gasteiger partial charge in [-0.15, -0.1) is 0 Å². The van der Waals surface area contributed by atoms with E-state index in [9.17, 15) is 4.79 Å². The third-order valence-corrected chi connectivity index (χ3v) is 9.74. The molecule has 0 bridgehead atoms. The average molecular weight is 592 g/mol. The van der Waals surface area contributed by atoms with Crippen molar-refractivity contribution in [2.24, 2.45) is 0 Å². The maximum absolute atomic E-state index is 12.9. The van der Waals surface area contributed by atoms with Crippen LogP contribution in [-0.4, -0.2) is 51.4 Å². The van der Waals surface area contributed by atoms with Crippen LogP contribution in [0.4, 0.5) is 4.79 Å². The van der Waals surface area contributed by atoms with Gasteiger partial charge in [0.15, 0.2) is 0 Å². The second kappa shape index (κ2) is 10.2. The first-order chi connectivity index (χ1) is 20.8. The standard InChI is InChI=1S/C36H42BN3O4/c1-34(2,3)42-33(41)40-18-8-9-31(40)32-38-29-17-13-23(21-30(29)39-32)22-12-15-27-24(19-22)10-11-25-20-26(14-16-28(25)27)37-43-35(4,5)36(6,7)44-37/h12-17,19-21,31H,8-11,18H2,1-7H3,(H,38,39). The Kier molecular flexibility index (Phi) is 6.76. The summed E-state index contributed by atoms with van der Waals surface area (Å²) in [4.78, 5) is 23.1. The summed E-state index contributed by atoms with van der Waals surface area (Å²) in [6, 6.07) is 19.8. The molecule has 1 N–H and O–H groups in total. The van der Waals surface area contributed by atoms with E-state index in [-0.39, 0.29) is 30.5 Å². The first kappa shape index (κ1) is 29.1. The number of aromatic amines is 1. The highest BCUT2D eigenvalue weighted by Crippen LogP contribution is 2.39. The van der Waals surface area contributed by atoms with E-state index >= 15 is 0 Å². The summed E-state index contributed by atoms with van der Waals surface area (Å²) >= 11 is 0. The number of rotatable bonds is 3. The number of likely N-dealkylation sites (tertiary alicyclic amines) is 1. The highest BCUT2D eigenvalue weighted by molar-refractivity contribution is 6.62. The molecule has 4 aromatic rings. The number of carbonyl (C=O) groups is 1. The lowest BCUT2D eigenvalue weighted by atomic mass is 9.75. The highest BCUT2D eigenvalue weighted by Gasteiger charge is 2.51. The highest BCUT2D eigenvalue weighted by atomic mass is 16.7. The van der Waals surface area contributed by atoms with Crippen LogP contribution in [0.3, 0.4) is 0 Å². The Morgan fingerprint density at radius 3 is 2.27 bits per heavy atom. The third-order valence-electron chi connectivity index (χ3n) is 9.74. The van der Waals surface area contributed by atoms with E-state index in [2.05, 4.69) is 87.3 Å². The lowest BCUT2D eigenvalue weighted by Crippen LogP contribution is -2.41. The number of hydrogen-bond donors (Lipinski definition) is 1. The molecular weight excluding hydrogens is 549 g/mol. The molecule has 2 fully saturated rings. The Bertz CT molecular complexity index is 1750. The minimum Gasteiger partial charge on any atom is -0.444 e. The fraction of sp³-hybridized carbons (Fsp3) is 0.444. The number of ether oxygens (including phenoxy) is 1. The molecule has 2 saturated heterocycles. The van der Waals surface area contributed by atoms with Gasteiger partial charge in [-0.25, -0.2) is 9.78 Å². The van der Waals surface area contributed by atoms with Crippen LogP contribution in [0.1, 0.15) is 84.3 Å². The number of benzene rings is 3. The van der Waals surface area contributed by atoms with E-state index in [1.165, 1.54) is 27.8 Å². The second-order valence-corrected chi connectivity index (χ2v) is 14.6. The number of fused-ring (bicyclic) bond motifs is 4. The number of nitrogens with one attached hydrogen (secondary N) is 1. The number of H-pyrrole nitrogens is 1. The summed E-state index contributed by atoms with van der Waals surface area (Å²) in [6.45, 7) is 14.8. The molecule has 1 aromatic heterocycles. The van der Waals surface area contributed by atoms with Crippen LogP contribution in [0.15, 0.2) is 54.6 Å². The van der Waals surface area contributed by atoms with E-state index in [0.29, 0.717) is 6.54 Å². The Balaban J connectivity index is 1.13. The topological polar surface area (TPSA) is 76.7 Å². The first-order valence-corrected chi connectivity index (χ1v) is 15.9. The number of carbonyl (C=O) groups excluding carboxylic acids is 1. The minimum atomic E-state index is -0.527. The third kappa shape index (κ3) is 5.12. The van der Waals surface area contributed by atoms with E-state index in [0.717, 1.165) is 53.6 Å². The molecule has 0 spiro atoms. The summed E-state index contributed by atoms with van der Waals surface area (Å²) in [5.41, 5.74) is 9.37. The molecule has 44 heavy (non-hydrogen) atoms. The van der Waals surface area contributed by atoms with Gasteiger partial charge in [-0.2, -0.15) is 0 Å². The molecule has 7 nitrogen and oxygen atoms in total. The van der Waals surface area contributed by atoms with Gasteiger partial charge < -0.3 is 19.0 Å². The zero-order chi connectivity index (χ0) is 31.0. The number of aryl methyl sites for hydroxylation is 2. The van der Waals surface area contributed by atoms with Crippen LogP contribution in [-0.2, 0) is 26.9 Å². The van der Waals surface area contributed by atoms with Gasteiger partial charge in [0.05, 0.1) is 28.3 Å². The van der Waals surface area contributed by atoms with Crippen LogP contribution in [0, 0.1) is 0 Å². The smallest absolute Gasteiger partial charge is 0.444 e.